The number of rotatable bonds is 4. The Hall–Kier alpha value is -2.93. The monoisotopic (exact) mass is 536 g/mol. The van der Waals surface area contributed by atoms with Crippen molar-refractivity contribution in [3.63, 3.8) is 0 Å². The van der Waals surface area contributed by atoms with E-state index < -0.39 is 51.0 Å². The van der Waals surface area contributed by atoms with E-state index in [0.717, 1.165) is 32.6 Å². The van der Waals surface area contributed by atoms with Crippen molar-refractivity contribution in [2.45, 2.75) is 91.6 Å². The van der Waals surface area contributed by atoms with Crippen LogP contribution in [-0.2, 0) is 22.4 Å². The molecule has 0 radical (unpaired) electrons. The van der Waals surface area contributed by atoms with E-state index in [1.807, 2.05) is 32.9 Å². The molecule has 4 aliphatic rings. The zero-order valence-corrected chi connectivity index (χ0v) is 23.6. The summed E-state index contributed by atoms with van der Waals surface area (Å²) in [5.74, 6) is -4.32. The van der Waals surface area contributed by atoms with Crippen LogP contribution < -0.4 is 0 Å². The lowest BCUT2D eigenvalue weighted by Crippen LogP contribution is -2.67. The molecule has 0 amide bonds. The van der Waals surface area contributed by atoms with Crippen LogP contribution >= 0.6 is 0 Å². The number of aliphatic hydroxyl groups is 3. The first kappa shape index (κ1) is 27.6. The van der Waals surface area contributed by atoms with Crippen LogP contribution in [0.1, 0.15) is 94.6 Å². The van der Waals surface area contributed by atoms with Gasteiger partial charge >= 0.3 is 0 Å². The van der Waals surface area contributed by atoms with Crippen LogP contribution in [0, 0.1) is 28.6 Å². The number of carbonyl (C=O) groups is 3. The highest BCUT2D eigenvalue weighted by molar-refractivity contribution is 6.25. The maximum absolute atomic E-state index is 14.1. The van der Waals surface area contributed by atoms with Crippen LogP contribution in [0.2, 0.25) is 0 Å². The van der Waals surface area contributed by atoms with Gasteiger partial charge in [-0.3, -0.25) is 14.4 Å². The fourth-order valence-electron chi connectivity index (χ4n) is 8.63. The van der Waals surface area contributed by atoms with Gasteiger partial charge in [0.25, 0.3) is 0 Å². The Morgan fingerprint density at radius 2 is 1.69 bits per heavy atom. The third-order valence-corrected chi connectivity index (χ3v) is 10.2. The number of allylic oxidation sites excluding steroid dienone is 2. The minimum atomic E-state index is -2.58. The predicted octanol–water partition coefficient (Wildman–Crippen LogP) is 5.47. The summed E-state index contributed by atoms with van der Waals surface area (Å²) in [6.07, 6.45) is 6.77. The van der Waals surface area contributed by atoms with Crippen LogP contribution in [0.5, 0.6) is 5.75 Å². The van der Waals surface area contributed by atoms with E-state index in [1.165, 1.54) is 6.42 Å². The molecule has 0 aliphatic heterocycles. The number of phenolic OH excluding ortho intramolecular Hbond substituents is 1. The number of hydrogen-bond donors (Lipinski definition) is 4. The zero-order chi connectivity index (χ0) is 28.7. The Kier molecular flexibility index (Phi) is 6.41. The lowest BCUT2D eigenvalue weighted by Gasteiger charge is -2.59. The number of carbonyl (C=O) groups excluding carboxylic acids is 3. The molecule has 210 valence electrons. The number of aliphatic hydroxyl groups excluding tert-OH is 2. The second-order valence-electron chi connectivity index (χ2n) is 13.3. The molecule has 1 aromatic carbocycles. The molecule has 0 bridgehead atoms. The number of benzene rings is 1. The van der Waals surface area contributed by atoms with Crippen molar-refractivity contribution in [2.24, 2.45) is 28.6 Å². The van der Waals surface area contributed by atoms with E-state index in [-0.39, 0.29) is 35.0 Å². The van der Waals surface area contributed by atoms with Crippen molar-refractivity contribution in [2.75, 3.05) is 0 Å². The highest BCUT2D eigenvalue weighted by Crippen LogP contribution is 2.65. The minimum absolute atomic E-state index is 0.0947. The molecule has 5 rings (SSSR count). The van der Waals surface area contributed by atoms with Gasteiger partial charge in [-0.1, -0.05) is 71.9 Å². The summed E-state index contributed by atoms with van der Waals surface area (Å²) in [6.45, 7) is 8.25. The van der Waals surface area contributed by atoms with Crippen molar-refractivity contribution >= 4 is 17.3 Å². The molecule has 0 saturated heterocycles. The molecule has 7 heteroatoms. The molecule has 0 spiro atoms. The zero-order valence-electron chi connectivity index (χ0n) is 23.6. The lowest BCUT2D eigenvalue weighted by molar-refractivity contribution is -0.171. The Labute approximate surface area is 229 Å². The van der Waals surface area contributed by atoms with Gasteiger partial charge < -0.3 is 20.4 Å². The number of ketones is 3. The molecule has 39 heavy (non-hydrogen) atoms. The Morgan fingerprint density at radius 3 is 2.28 bits per heavy atom. The van der Waals surface area contributed by atoms with Gasteiger partial charge in [-0.25, -0.2) is 0 Å². The number of aromatic hydroxyl groups is 1. The smallest absolute Gasteiger partial charge is 0.209 e. The van der Waals surface area contributed by atoms with Crippen LogP contribution in [0.15, 0.2) is 34.8 Å². The van der Waals surface area contributed by atoms with Crippen molar-refractivity contribution in [1.82, 2.24) is 0 Å². The summed E-state index contributed by atoms with van der Waals surface area (Å²) in [7, 11) is 0. The third kappa shape index (κ3) is 3.68. The first-order valence-electron chi connectivity index (χ1n) is 14.2. The Bertz CT molecular complexity index is 1340. The van der Waals surface area contributed by atoms with E-state index in [1.54, 1.807) is 6.92 Å². The van der Waals surface area contributed by atoms with Crippen molar-refractivity contribution in [3.8, 4) is 5.75 Å². The first-order chi connectivity index (χ1) is 18.2. The van der Waals surface area contributed by atoms with Crippen LogP contribution in [0.3, 0.4) is 0 Å². The van der Waals surface area contributed by atoms with Crippen molar-refractivity contribution in [1.29, 1.82) is 0 Å². The van der Waals surface area contributed by atoms with E-state index in [0.29, 0.717) is 29.9 Å². The summed E-state index contributed by atoms with van der Waals surface area (Å²) < 4.78 is 0. The van der Waals surface area contributed by atoms with Crippen molar-refractivity contribution < 1.29 is 34.8 Å². The topological polar surface area (TPSA) is 132 Å². The van der Waals surface area contributed by atoms with E-state index in [9.17, 15) is 34.8 Å². The summed E-state index contributed by atoms with van der Waals surface area (Å²) in [5, 5.41) is 46.4. The highest BCUT2D eigenvalue weighted by Gasteiger charge is 2.71. The maximum Gasteiger partial charge on any atom is 0.209 e. The highest BCUT2D eigenvalue weighted by atomic mass is 16.3. The summed E-state index contributed by atoms with van der Waals surface area (Å²) in [4.78, 5) is 40.4. The number of Topliss-reactive ketones (excluding diaryl/α,β-unsaturated/α-hetero) is 3. The minimum Gasteiger partial charge on any atom is -0.511 e. The third-order valence-electron chi connectivity index (χ3n) is 10.2. The van der Waals surface area contributed by atoms with Crippen molar-refractivity contribution in [3.05, 3.63) is 51.5 Å². The standard InChI is InChI=1S/C32H40O7/c1-16(2)23-26(35)21(17(3)33)28(37)32(39)29(38)24-27(36)22-20(14-30(24,4)15-31(23,32)5)12-11-19(25(22)34)13-18-9-7-6-8-10-18/h11-12,16,18,23,34-35,38-39H,6-10,13-15H2,1-5H3/t23?,30-,31-,32+/m1/s1. The maximum atomic E-state index is 14.1. The number of hydrogen-bond acceptors (Lipinski definition) is 7. The normalized spacial score (nSPS) is 33.3. The summed E-state index contributed by atoms with van der Waals surface area (Å²) >= 11 is 0. The molecule has 0 heterocycles. The molecule has 7 nitrogen and oxygen atoms in total. The van der Waals surface area contributed by atoms with Gasteiger partial charge in [0.1, 0.15) is 22.8 Å². The van der Waals surface area contributed by atoms with Crippen LogP contribution in [0.25, 0.3) is 0 Å². The van der Waals surface area contributed by atoms with E-state index >= 15 is 0 Å². The van der Waals surface area contributed by atoms with E-state index in [4.69, 9.17) is 0 Å². The van der Waals surface area contributed by atoms with Crippen LogP contribution in [0.4, 0.5) is 0 Å². The molecule has 4 aliphatic carbocycles. The average molecular weight is 537 g/mol. The molecular weight excluding hydrogens is 496 g/mol. The number of fused-ring (bicyclic) bond motifs is 3. The van der Waals surface area contributed by atoms with Gasteiger partial charge in [0.15, 0.2) is 17.2 Å². The van der Waals surface area contributed by atoms with Gasteiger partial charge in [0.05, 0.1) is 5.56 Å². The molecular formula is C32H40O7. The molecule has 1 saturated carbocycles. The Balaban J connectivity index is 1.69. The Morgan fingerprint density at radius 1 is 1.05 bits per heavy atom. The molecule has 0 aromatic heterocycles. The molecule has 4 atom stereocenters. The summed E-state index contributed by atoms with van der Waals surface area (Å²) in [6, 6.07) is 3.77. The van der Waals surface area contributed by atoms with Crippen LogP contribution in [-0.4, -0.2) is 43.4 Å². The molecule has 1 unspecified atom stereocenters. The molecule has 4 N–H and O–H groups in total. The van der Waals surface area contributed by atoms with Gasteiger partial charge in [0, 0.05) is 22.3 Å². The van der Waals surface area contributed by atoms with Gasteiger partial charge in [-0.05, 0) is 49.1 Å². The fourth-order valence-corrected chi connectivity index (χ4v) is 8.63. The van der Waals surface area contributed by atoms with Gasteiger partial charge in [0.2, 0.25) is 5.78 Å². The SMILES string of the molecule is CC(=O)C1=C(O)C(C(C)C)[C@@]2(C)C[C@@]3(C)Cc4ccc(CC5CCCCC5)c(O)c4C(=O)C3=C(O)[C@@]2(O)C1=O. The van der Waals surface area contributed by atoms with E-state index in [2.05, 4.69) is 0 Å². The second-order valence-corrected chi connectivity index (χ2v) is 13.3. The predicted molar refractivity (Wildman–Crippen MR) is 146 cm³/mol. The largest absolute Gasteiger partial charge is 0.511 e. The molecule has 1 aromatic rings. The fraction of sp³-hybridized carbons (Fsp3) is 0.594. The average Bonchev–Trinajstić information content (AvgIpc) is 2.83. The first-order valence-corrected chi connectivity index (χ1v) is 14.2. The lowest BCUT2D eigenvalue weighted by atomic mass is 9.44. The summed E-state index contributed by atoms with van der Waals surface area (Å²) in [5.41, 5.74) is -4.12. The number of phenols is 1. The second kappa shape index (κ2) is 9.05. The van der Waals surface area contributed by atoms with Gasteiger partial charge in [-0.2, -0.15) is 0 Å². The van der Waals surface area contributed by atoms with Gasteiger partial charge in [-0.15, -0.1) is 0 Å². The quantitative estimate of drug-likeness (QED) is 0.375. The molecule has 1 fully saturated rings.